The molecule has 0 saturated heterocycles. The SMILES string of the molecule is COc1cnc(C(NN)C2CCCCC2)c(OC)n1. The van der Waals surface area contributed by atoms with E-state index in [-0.39, 0.29) is 6.04 Å². The van der Waals surface area contributed by atoms with Crippen LogP contribution in [0.1, 0.15) is 43.8 Å². The minimum absolute atomic E-state index is 0.0198. The lowest BCUT2D eigenvalue weighted by molar-refractivity contribution is 0.259. The van der Waals surface area contributed by atoms with Gasteiger partial charge in [-0.15, -0.1) is 0 Å². The maximum absolute atomic E-state index is 5.73. The molecule has 1 saturated carbocycles. The first kappa shape index (κ1) is 14.0. The second kappa shape index (κ2) is 6.68. The monoisotopic (exact) mass is 266 g/mol. The molecule has 1 aromatic heterocycles. The standard InChI is InChI=1S/C13H22N4O2/c1-18-10-8-15-12(13(16-10)19-2)11(17-14)9-6-4-3-5-7-9/h8-9,11,17H,3-7,14H2,1-2H3. The Kier molecular flexibility index (Phi) is 4.93. The molecule has 106 valence electrons. The Morgan fingerprint density at radius 2 is 2.00 bits per heavy atom. The van der Waals surface area contributed by atoms with Crippen LogP contribution in [0.15, 0.2) is 6.20 Å². The first-order valence-electron chi connectivity index (χ1n) is 6.71. The van der Waals surface area contributed by atoms with Gasteiger partial charge in [-0.2, -0.15) is 4.98 Å². The summed E-state index contributed by atoms with van der Waals surface area (Å²) >= 11 is 0. The summed E-state index contributed by atoms with van der Waals surface area (Å²) in [6.45, 7) is 0. The lowest BCUT2D eigenvalue weighted by Gasteiger charge is -2.29. The molecule has 0 aromatic carbocycles. The molecular weight excluding hydrogens is 244 g/mol. The van der Waals surface area contributed by atoms with Gasteiger partial charge in [-0.25, -0.2) is 4.98 Å². The van der Waals surface area contributed by atoms with Crippen molar-refractivity contribution < 1.29 is 9.47 Å². The molecule has 0 spiro atoms. The van der Waals surface area contributed by atoms with Gasteiger partial charge in [0.15, 0.2) is 0 Å². The van der Waals surface area contributed by atoms with Crippen LogP contribution in [-0.4, -0.2) is 24.2 Å². The normalized spacial score (nSPS) is 18.1. The fourth-order valence-electron chi connectivity index (χ4n) is 2.73. The number of nitrogens with two attached hydrogens (primary N) is 1. The maximum atomic E-state index is 5.73. The second-order valence-electron chi connectivity index (χ2n) is 4.85. The summed E-state index contributed by atoms with van der Waals surface area (Å²) in [7, 11) is 3.14. The van der Waals surface area contributed by atoms with E-state index >= 15 is 0 Å². The summed E-state index contributed by atoms with van der Waals surface area (Å²) in [6.07, 6.45) is 7.71. The van der Waals surface area contributed by atoms with Crippen LogP contribution in [-0.2, 0) is 0 Å². The van der Waals surface area contributed by atoms with E-state index in [1.54, 1.807) is 20.4 Å². The number of hydrogen-bond acceptors (Lipinski definition) is 6. The average molecular weight is 266 g/mol. The van der Waals surface area contributed by atoms with Crippen molar-refractivity contribution in [3.63, 3.8) is 0 Å². The van der Waals surface area contributed by atoms with Crippen LogP contribution in [0.2, 0.25) is 0 Å². The average Bonchev–Trinajstić information content (AvgIpc) is 2.49. The van der Waals surface area contributed by atoms with Crippen LogP contribution in [0.3, 0.4) is 0 Å². The number of nitrogens with one attached hydrogen (secondary N) is 1. The predicted molar refractivity (Wildman–Crippen MR) is 71.8 cm³/mol. The highest BCUT2D eigenvalue weighted by Crippen LogP contribution is 2.36. The Morgan fingerprint density at radius 3 is 2.58 bits per heavy atom. The smallest absolute Gasteiger partial charge is 0.240 e. The molecule has 1 aliphatic rings. The number of hydrogen-bond donors (Lipinski definition) is 2. The molecule has 0 bridgehead atoms. The largest absolute Gasteiger partial charge is 0.480 e. The van der Waals surface area contributed by atoms with Gasteiger partial charge < -0.3 is 9.47 Å². The van der Waals surface area contributed by atoms with Gasteiger partial charge in [-0.1, -0.05) is 19.3 Å². The second-order valence-corrected chi connectivity index (χ2v) is 4.85. The zero-order valence-electron chi connectivity index (χ0n) is 11.6. The van der Waals surface area contributed by atoms with Crippen molar-refractivity contribution in [3.8, 4) is 11.8 Å². The van der Waals surface area contributed by atoms with Gasteiger partial charge >= 0.3 is 0 Å². The first-order valence-corrected chi connectivity index (χ1v) is 6.71. The van der Waals surface area contributed by atoms with Gasteiger partial charge in [-0.05, 0) is 18.8 Å². The highest BCUT2D eigenvalue weighted by atomic mass is 16.5. The van der Waals surface area contributed by atoms with E-state index in [1.165, 1.54) is 19.3 Å². The Labute approximate surface area is 113 Å². The molecule has 3 N–H and O–H groups in total. The Hall–Kier alpha value is -1.40. The molecule has 2 rings (SSSR count). The molecule has 1 unspecified atom stereocenters. The molecule has 1 aromatic rings. The molecule has 6 nitrogen and oxygen atoms in total. The number of methoxy groups -OCH3 is 2. The maximum Gasteiger partial charge on any atom is 0.240 e. The van der Waals surface area contributed by atoms with Crippen molar-refractivity contribution in [2.75, 3.05) is 14.2 Å². The van der Waals surface area contributed by atoms with Crippen LogP contribution in [0, 0.1) is 5.92 Å². The molecule has 1 aliphatic carbocycles. The highest BCUT2D eigenvalue weighted by Gasteiger charge is 2.28. The van der Waals surface area contributed by atoms with Crippen LogP contribution in [0.4, 0.5) is 0 Å². The predicted octanol–water partition coefficient (Wildman–Crippen LogP) is 1.58. The van der Waals surface area contributed by atoms with E-state index in [0.29, 0.717) is 17.7 Å². The molecule has 0 aliphatic heterocycles. The number of nitrogens with zero attached hydrogens (tertiary/aromatic N) is 2. The molecule has 0 amide bonds. The van der Waals surface area contributed by atoms with Crippen molar-refractivity contribution in [3.05, 3.63) is 11.9 Å². The van der Waals surface area contributed by atoms with E-state index in [4.69, 9.17) is 15.3 Å². The molecule has 0 radical (unpaired) electrons. The lowest BCUT2D eigenvalue weighted by Crippen LogP contribution is -2.35. The summed E-state index contributed by atoms with van der Waals surface area (Å²) in [4.78, 5) is 8.68. The van der Waals surface area contributed by atoms with Gasteiger partial charge in [0.05, 0.1) is 26.5 Å². The van der Waals surface area contributed by atoms with E-state index in [2.05, 4.69) is 15.4 Å². The quantitative estimate of drug-likeness (QED) is 0.622. The first-order chi connectivity index (χ1) is 9.30. The topological polar surface area (TPSA) is 82.3 Å². The van der Waals surface area contributed by atoms with Crippen LogP contribution in [0.5, 0.6) is 11.8 Å². The Morgan fingerprint density at radius 1 is 1.26 bits per heavy atom. The number of hydrazine groups is 1. The Balaban J connectivity index is 2.26. The van der Waals surface area contributed by atoms with Crippen molar-refractivity contribution >= 4 is 0 Å². The van der Waals surface area contributed by atoms with Crippen molar-refractivity contribution in [1.82, 2.24) is 15.4 Å². The van der Waals surface area contributed by atoms with Gasteiger partial charge in [0.1, 0.15) is 5.69 Å². The summed E-state index contributed by atoms with van der Waals surface area (Å²) in [5, 5.41) is 0. The molecule has 19 heavy (non-hydrogen) atoms. The minimum Gasteiger partial charge on any atom is -0.480 e. The third-order valence-corrected chi connectivity index (χ3v) is 3.74. The lowest BCUT2D eigenvalue weighted by atomic mass is 9.83. The van der Waals surface area contributed by atoms with Crippen LogP contribution < -0.4 is 20.7 Å². The number of rotatable bonds is 5. The number of ether oxygens (including phenoxy) is 2. The molecule has 1 heterocycles. The van der Waals surface area contributed by atoms with Gasteiger partial charge in [0.2, 0.25) is 11.8 Å². The molecule has 1 atom stereocenters. The van der Waals surface area contributed by atoms with Crippen molar-refractivity contribution in [1.29, 1.82) is 0 Å². The Bertz CT molecular complexity index is 408. The molecule has 6 heteroatoms. The summed E-state index contributed by atoms with van der Waals surface area (Å²) in [5.74, 6) is 7.13. The summed E-state index contributed by atoms with van der Waals surface area (Å²) in [5.41, 5.74) is 3.64. The van der Waals surface area contributed by atoms with Crippen molar-refractivity contribution in [2.24, 2.45) is 11.8 Å². The fraction of sp³-hybridized carbons (Fsp3) is 0.692. The van der Waals surface area contributed by atoms with Gasteiger partial charge in [0, 0.05) is 0 Å². The van der Waals surface area contributed by atoms with E-state index in [0.717, 1.165) is 18.5 Å². The number of aromatic nitrogens is 2. The van der Waals surface area contributed by atoms with Gasteiger partial charge in [0.25, 0.3) is 0 Å². The van der Waals surface area contributed by atoms with E-state index in [1.807, 2.05) is 0 Å². The van der Waals surface area contributed by atoms with Gasteiger partial charge in [-0.3, -0.25) is 11.3 Å². The van der Waals surface area contributed by atoms with Crippen LogP contribution >= 0.6 is 0 Å². The third-order valence-electron chi connectivity index (χ3n) is 3.74. The minimum atomic E-state index is -0.0198. The van der Waals surface area contributed by atoms with Crippen LogP contribution in [0.25, 0.3) is 0 Å². The molecule has 1 fully saturated rings. The summed E-state index contributed by atoms with van der Waals surface area (Å²) < 4.78 is 10.4. The van der Waals surface area contributed by atoms with Crippen molar-refractivity contribution in [2.45, 2.75) is 38.1 Å². The summed E-state index contributed by atoms with van der Waals surface area (Å²) in [6, 6.07) is -0.0198. The molecular formula is C13H22N4O2. The van der Waals surface area contributed by atoms with E-state index in [9.17, 15) is 0 Å². The highest BCUT2D eigenvalue weighted by molar-refractivity contribution is 5.26. The zero-order chi connectivity index (χ0) is 13.7. The fourth-order valence-corrected chi connectivity index (χ4v) is 2.73. The third kappa shape index (κ3) is 3.13. The van der Waals surface area contributed by atoms with E-state index < -0.39 is 0 Å². The zero-order valence-corrected chi connectivity index (χ0v) is 11.6.